The maximum absolute atomic E-state index is 12.5. The molecule has 1 atom stereocenters. The Kier molecular flexibility index (Phi) is 7.08. The molecule has 0 aliphatic carbocycles. The molecule has 1 amide bonds. The van der Waals surface area contributed by atoms with Gasteiger partial charge < -0.3 is 19.3 Å². The first-order valence-corrected chi connectivity index (χ1v) is 12.9. The molecule has 1 unspecified atom stereocenters. The van der Waals surface area contributed by atoms with Gasteiger partial charge >= 0.3 is 12.1 Å². The number of carbonyl (C=O) groups excluding carboxylic acids is 2. The highest BCUT2D eigenvalue weighted by Gasteiger charge is 2.47. The highest BCUT2D eigenvalue weighted by molar-refractivity contribution is 7.85. The highest BCUT2D eigenvalue weighted by Crippen LogP contribution is 2.36. The summed E-state index contributed by atoms with van der Waals surface area (Å²) in [6.07, 6.45) is 0.984. The van der Waals surface area contributed by atoms with E-state index in [0.29, 0.717) is 38.2 Å². The predicted octanol–water partition coefficient (Wildman–Crippen LogP) is 2.31. The zero-order valence-corrected chi connectivity index (χ0v) is 19.8. The SMILES string of the molecule is CS(=O)(=O)OCC1(c2ccc(N3CCN(C(=O)OCc4ccccc4)CC3)cc2)CCOC1=O. The van der Waals surface area contributed by atoms with Crippen LogP contribution in [0, 0.1) is 0 Å². The summed E-state index contributed by atoms with van der Waals surface area (Å²) >= 11 is 0. The van der Waals surface area contributed by atoms with E-state index in [2.05, 4.69) is 4.90 Å². The van der Waals surface area contributed by atoms with Crippen molar-refractivity contribution in [1.29, 1.82) is 0 Å². The van der Waals surface area contributed by atoms with Gasteiger partial charge in [0, 0.05) is 38.3 Å². The number of cyclic esters (lactones) is 1. The van der Waals surface area contributed by atoms with Crippen molar-refractivity contribution >= 4 is 27.9 Å². The molecule has 2 aromatic carbocycles. The molecular weight excluding hydrogens is 460 g/mol. The Morgan fingerprint density at radius 3 is 2.29 bits per heavy atom. The molecule has 10 heteroatoms. The van der Waals surface area contributed by atoms with Gasteiger partial charge in [0.05, 0.1) is 19.5 Å². The molecule has 182 valence electrons. The van der Waals surface area contributed by atoms with Crippen LogP contribution in [0.2, 0.25) is 0 Å². The fraction of sp³-hybridized carbons (Fsp3) is 0.417. The second-order valence-electron chi connectivity index (χ2n) is 8.50. The van der Waals surface area contributed by atoms with Gasteiger partial charge in [0.1, 0.15) is 12.0 Å². The lowest BCUT2D eigenvalue weighted by Crippen LogP contribution is -2.49. The lowest BCUT2D eigenvalue weighted by molar-refractivity contribution is -0.143. The van der Waals surface area contributed by atoms with Gasteiger partial charge in [-0.1, -0.05) is 42.5 Å². The molecule has 2 aromatic rings. The molecule has 2 heterocycles. The minimum absolute atomic E-state index is 0.218. The molecule has 0 N–H and O–H groups in total. The van der Waals surface area contributed by atoms with Crippen LogP contribution in [0.15, 0.2) is 54.6 Å². The van der Waals surface area contributed by atoms with Gasteiger partial charge in [0.25, 0.3) is 10.1 Å². The average molecular weight is 489 g/mol. The van der Waals surface area contributed by atoms with Crippen molar-refractivity contribution in [3.8, 4) is 0 Å². The van der Waals surface area contributed by atoms with Crippen molar-refractivity contribution in [1.82, 2.24) is 4.90 Å². The van der Waals surface area contributed by atoms with Crippen LogP contribution >= 0.6 is 0 Å². The van der Waals surface area contributed by atoms with Gasteiger partial charge in [-0.05, 0) is 23.3 Å². The van der Waals surface area contributed by atoms with E-state index in [1.807, 2.05) is 54.6 Å². The largest absolute Gasteiger partial charge is 0.465 e. The maximum Gasteiger partial charge on any atom is 0.410 e. The third kappa shape index (κ3) is 5.51. The van der Waals surface area contributed by atoms with Crippen molar-refractivity contribution < 1.29 is 31.7 Å². The van der Waals surface area contributed by atoms with Crippen LogP contribution in [0.4, 0.5) is 10.5 Å². The number of piperazine rings is 1. The zero-order chi connectivity index (χ0) is 24.2. The normalized spacial score (nSPS) is 20.8. The molecule has 2 aliphatic rings. The van der Waals surface area contributed by atoms with Crippen LogP contribution in [-0.2, 0) is 40.6 Å². The van der Waals surface area contributed by atoms with Crippen LogP contribution in [0.1, 0.15) is 17.5 Å². The van der Waals surface area contributed by atoms with E-state index in [1.54, 1.807) is 4.90 Å². The standard InChI is InChI=1S/C24H28N2O7S/c1-34(29,30)33-18-24(11-16-31-22(24)27)20-7-9-21(10-8-20)25-12-14-26(15-13-25)23(28)32-17-19-5-3-2-4-6-19/h2-10H,11-18H2,1H3. The van der Waals surface area contributed by atoms with Crippen LogP contribution in [0.5, 0.6) is 0 Å². The van der Waals surface area contributed by atoms with Gasteiger partial charge in [0.2, 0.25) is 0 Å². The Morgan fingerprint density at radius 1 is 1.03 bits per heavy atom. The maximum atomic E-state index is 12.5. The molecule has 4 rings (SSSR count). The zero-order valence-electron chi connectivity index (χ0n) is 19.0. The fourth-order valence-electron chi connectivity index (χ4n) is 4.19. The Balaban J connectivity index is 1.35. The summed E-state index contributed by atoms with van der Waals surface area (Å²) in [5.41, 5.74) is 1.42. The lowest BCUT2D eigenvalue weighted by atomic mass is 9.80. The molecule has 0 saturated carbocycles. The third-order valence-corrected chi connectivity index (χ3v) is 6.75. The number of hydrogen-bond donors (Lipinski definition) is 0. The molecule has 2 aliphatic heterocycles. The van der Waals surface area contributed by atoms with Crippen LogP contribution in [0.25, 0.3) is 0 Å². The quantitative estimate of drug-likeness (QED) is 0.432. The van der Waals surface area contributed by atoms with E-state index >= 15 is 0 Å². The number of carbonyl (C=O) groups is 2. The van der Waals surface area contributed by atoms with Crippen LogP contribution < -0.4 is 4.90 Å². The van der Waals surface area contributed by atoms with E-state index < -0.39 is 21.5 Å². The average Bonchev–Trinajstić information content (AvgIpc) is 3.23. The second kappa shape index (κ2) is 10.0. The summed E-state index contributed by atoms with van der Waals surface area (Å²) in [5, 5.41) is 0. The number of rotatable bonds is 7. The number of ether oxygens (including phenoxy) is 2. The molecule has 34 heavy (non-hydrogen) atoms. The monoisotopic (exact) mass is 488 g/mol. The number of esters is 1. The Labute approximate surface area is 199 Å². The second-order valence-corrected chi connectivity index (χ2v) is 10.1. The van der Waals surface area contributed by atoms with E-state index in [4.69, 9.17) is 13.7 Å². The number of hydrogen-bond acceptors (Lipinski definition) is 8. The van der Waals surface area contributed by atoms with E-state index in [9.17, 15) is 18.0 Å². The molecule has 0 spiro atoms. The summed E-state index contributed by atoms with van der Waals surface area (Å²) in [4.78, 5) is 28.7. The summed E-state index contributed by atoms with van der Waals surface area (Å²) in [6, 6.07) is 17.0. The van der Waals surface area contributed by atoms with Crippen molar-refractivity contribution in [2.24, 2.45) is 0 Å². The summed E-state index contributed by atoms with van der Waals surface area (Å²) < 4.78 is 38.5. The van der Waals surface area contributed by atoms with Gasteiger partial charge in [0.15, 0.2) is 0 Å². The Morgan fingerprint density at radius 2 is 1.71 bits per heavy atom. The molecular formula is C24H28N2O7S. The number of benzene rings is 2. The molecule has 9 nitrogen and oxygen atoms in total. The van der Waals surface area contributed by atoms with E-state index in [1.165, 1.54) is 0 Å². The molecule has 0 radical (unpaired) electrons. The number of amides is 1. The smallest absolute Gasteiger partial charge is 0.410 e. The van der Waals surface area contributed by atoms with Crippen LogP contribution in [0.3, 0.4) is 0 Å². The Bertz CT molecular complexity index is 1110. The minimum Gasteiger partial charge on any atom is -0.465 e. The highest BCUT2D eigenvalue weighted by atomic mass is 32.2. The fourth-order valence-corrected chi connectivity index (χ4v) is 4.61. The topological polar surface area (TPSA) is 102 Å². The van der Waals surface area contributed by atoms with Crippen molar-refractivity contribution in [2.45, 2.75) is 18.4 Å². The first-order chi connectivity index (χ1) is 16.3. The predicted molar refractivity (Wildman–Crippen MR) is 125 cm³/mol. The Hall–Kier alpha value is -3.11. The van der Waals surface area contributed by atoms with Gasteiger partial charge in [-0.25, -0.2) is 4.79 Å². The summed E-state index contributed by atoms with van der Waals surface area (Å²) in [7, 11) is -3.70. The lowest BCUT2D eigenvalue weighted by Gasteiger charge is -2.35. The summed E-state index contributed by atoms with van der Waals surface area (Å²) in [6.45, 7) is 2.54. The van der Waals surface area contributed by atoms with Gasteiger partial charge in [-0.2, -0.15) is 8.42 Å². The van der Waals surface area contributed by atoms with Crippen LogP contribution in [-0.4, -0.2) is 71.0 Å². The van der Waals surface area contributed by atoms with Crippen molar-refractivity contribution in [3.63, 3.8) is 0 Å². The number of anilines is 1. The van der Waals surface area contributed by atoms with Crippen molar-refractivity contribution in [3.05, 3.63) is 65.7 Å². The number of nitrogens with zero attached hydrogens (tertiary/aromatic N) is 2. The molecule has 2 saturated heterocycles. The first kappa shape index (κ1) is 24.0. The molecule has 0 bridgehead atoms. The van der Waals surface area contributed by atoms with Gasteiger partial charge in [-0.15, -0.1) is 0 Å². The van der Waals surface area contributed by atoms with E-state index in [0.717, 1.165) is 17.5 Å². The third-order valence-electron chi connectivity index (χ3n) is 6.20. The molecule has 2 fully saturated rings. The van der Waals surface area contributed by atoms with Crippen molar-refractivity contribution in [2.75, 3.05) is 50.5 Å². The minimum atomic E-state index is -3.70. The first-order valence-electron chi connectivity index (χ1n) is 11.1. The summed E-state index contributed by atoms with van der Waals surface area (Å²) in [5.74, 6) is -0.480. The van der Waals surface area contributed by atoms with Gasteiger partial charge in [-0.3, -0.25) is 8.98 Å². The molecule has 0 aromatic heterocycles. The van der Waals surface area contributed by atoms with E-state index in [-0.39, 0.29) is 25.9 Å².